The Kier molecular flexibility index (Phi) is 4.38. The maximum absolute atomic E-state index is 13.4. The fourth-order valence-corrected chi connectivity index (χ4v) is 1.41. The van der Waals surface area contributed by atoms with Crippen molar-refractivity contribution in [2.24, 2.45) is 0 Å². The first kappa shape index (κ1) is 13.6. The number of rotatable bonds is 4. The fraction of sp³-hybridized carbons (Fsp3) is 0.250. The molecule has 1 aromatic carbocycles. The van der Waals surface area contributed by atoms with Gasteiger partial charge < -0.3 is 4.90 Å². The molecule has 0 atom stereocenters. The molecule has 0 aliphatic heterocycles. The predicted molar refractivity (Wildman–Crippen MR) is 63.5 cm³/mol. The number of halogens is 1. The van der Waals surface area contributed by atoms with Crippen molar-refractivity contribution in [3.8, 4) is 12.3 Å². The van der Waals surface area contributed by atoms with E-state index in [9.17, 15) is 19.3 Å². The second-order valence-electron chi connectivity index (χ2n) is 3.45. The topological polar surface area (TPSA) is 63.5 Å². The molecule has 5 nitrogen and oxygen atoms in total. The Balaban J connectivity index is 3.05. The van der Waals surface area contributed by atoms with Crippen molar-refractivity contribution in [1.29, 1.82) is 0 Å². The highest BCUT2D eigenvalue weighted by Gasteiger charge is 2.19. The zero-order valence-electron chi connectivity index (χ0n) is 9.72. The molecule has 0 aliphatic carbocycles. The van der Waals surface area contributed by atoms with Gasteiger partial charge in [-0.25, -0.2) is 0 Å². The van der Waals surface area contributed by atoms with Gasteiger partial charge in [0, 0.05) is 18.2 Å². The van der Waals surface area contributed by atoms with E-state index in [1.54, 1.807) is 6.92 Å². The van der Waals surface area contributed by atoms with Gasteiger partial charge in [-0.1, -0.05) is 5.92 Å². The smallest absolute Gasteiger partial charge is 0.304 e. The molecule has 0 fully saturated rings. The summed E-state index contributed by atoms with van der Waals surface area (Å²) in [6, 6.07) is 3.02. The normalized spacial score (nSPS) is 9.61. The molecule has 0 spiro atoms. The summed E-state index contributed by atoms with van der Waals surface area (Å²) < 4.78 is 13.4. The first-order valence-corrected chi connectivity index (χ1v) is 5.18. The van der Waals surface area contributed by atoms with E-state index in [0.29, 0.717) is 6.54 Å². The van der Waals surface area contributed by atoms with Gasteiger partial charge in [0.05, 0.1) is 11.5 Å². The Labute approximate surface area is 103 Å². The third-order valence-corrected chi connectivity index (χ3v) is 2.34. The lowest BCUT2D eigenvalue weighted by atomic mass is 10.1. The average Bonchev–Trinajstić information content (AvgIpc) is 2.34. The van der Waals surface area contributed by atoms with Crippen LogP contribution in [0.5, 0.6) is 0 Å². The van der Waals surface area contributed by atoms with Crippen LogP contribution in [-0.2, 0) is 0 Å². The van der Waals surface area contributed by atoms with Gasteiger partial charge in [0.2, 0.25) is 5.82 Å². The Morgan fingerprint density at radius 1 is 1.61 bits per heavy atom. The van der Waals surface area contributed by atoms with Crippen LogP contribution in [0.4, 0.5) is 10.1 Å². The van der Waals surface area contributed by atoms with Gasteiger partial charge >= 0.3 is 5.69 Å². The van der Waals surface area contributed by atoms with Crippen LogP contribution in [0.2, 0.25) is 0 Å². The molecular weight excluding hydrogens is 239 g/mol. The number of hydrogen-bond acceptors (Lipinski definition) is 3. The second kappa shape index (κ2) is 5.77. The van der Waals surface area contributed by atoms with Gasteiger partial charge in [-0.3, -0.25) is 14.9 Å². The van der Waals surface area contributed by atoms with E-state index in [-0.39, 0.29) is 12.1 Å². The summed E-state index contributed by atoms with van der Waals surface area (Å²) in [7, 11) is 0. The molecule has 0 bridgehead atoms. The Hall–Kier alpha value is -2.42. The summed E-state index contributed by atoms with van der Waals surface area (Å²) in [6.45, 7) is 2.21. The Morgan fingerprint density at radius 2 is 2.28 bits per heavy atom. The van der Waals surface area contributed by atoms with E-state index < -0.39 is 22.3 Å². The summed E-state index contributed by atoms with van der Waals surface area (Å²) in [4.78, 5) is 22.8. The first-order valence-electron chi connectivity index (χ1n) is 5.18. The molecule has 0 unspecified atom stereocenters. The van der Waals surface area contributed by atoms with E-state index in [2.05, 4.69) is 5.92 Å². The summed E-state index contributed by atoms with van der Waals surface area (Å²) >= 11 is 0. The van der Waals surface area contributed by atoms with Crippen LogP contribution >= 0.6 is 0 Å². The van der Waals surface area contributed by atoms with Crippen LogP contribution in [0.15, 0.2) is 18.2 Å². The molecular formula is C12H11FN2O3. The van der Waals surface area contributed by atoms with E-state index in [4.69, 9.17) is 6.42 Å². The number of benzene rings is 1. The zero-order chi connectivity index (χ0) is 13.7. The highest BCUT2D eigenvalue weighted by atomic mass is 19.1. The Morgan fingerprint density at radius 3 is 2.72 bits per heavy atom. The summed E-state index contributed by atoms with van der Waals surface area (Å²) in [5.41, 5.74) is -0.623. The van der Waals surface area contributed by atoms with Crippen LogP contribution in [0.25, 0.3) is 0 Å². The van der Waals surface area contributed by atoms with Gasteiger partial charge in [0.25, 0.3) is 5.91 Å². The predicted octanol–water partition coefficient (Wildman–Crippen LogP) is 1.83. The molecule has 0 aromatic heterocycles. The lowest BCUT2D eigenvalue weighted by Gasteiger charge is -2.17. The number of amides is 1. The van der Waals surface area contributed by atoms with E-state index in [1.807, 2.05) is 0 Å². The molecule has 0 aliphatic rings. The van der Waals surface area contributed by atoms with E-state index >= 15 is 0 Å². The van der Waals surface area contributed by atoms with Crippen molar-refractivity contribution in [3.05, 3.63) is 39.7 Å². The van der Waals surface area contributed by atoms with E-state index in [1.165, 1.54) is 11.0 Å². The number of nitro benzene ring substituents is 1. The number of nitro groups is 1. The maximum atomic E-state index is 13.4. The number of terminal acetylenes is 1. The molecule has 0 heterocycles. The van der Waals surface area contributed by atoms with Crippen molar-refractivity contribution in [2.75, 3.05) is 13.1 Å². The standard InChI is InChI=1S/C12H11FN2O3/c1-3-7-14(4-2)12(16)9-5-6-11(15(17)18)10(13)8-9/h1,5-6,8H,4,7H2,2H3. The molecule has 1 aromatic rings. The molecule has 0 radical (unpaired) electrons. The molecule has 18 heavy (non-hydrogen) atoms. The molecule has 1 amide bonds. The fourth-order valence-electron chi connectivity index (χ4n) is 1.41. The van der Waals surface area contributed by atoms with Gasteiger partial charge in [-0.15, -0.1) is 6.42 Å². The quantitative estimate of drug-likeness (QED) is 0.465. The van der Waals surface area contributed by atoms with Crippen molar-refractivity contribution >= 4 is 11.6 Å². The number of nitrogens with zero attached hydrogens (tertiary/aromatic N) is 2. The molecule has 0 N–H and O–H groups in total. The van der Waals surface area contributed by atoms with Gasteiger partial charge in [-0.05, 0) is 19.1 Å². The first-order chi connectivity index (χ1) is 8.51. The Bertz CT molecular complexity index is 523. The minimum atomic E-state index is -1.04. The minimum Gasteiger partial charge on any atom is -0.328 e. The van der Waals surface area contributed by atoms with Gasteiger partial charge in [0.1, 0.15) is 0 Å². The molecule has 0 saturated carbocycles. The van der Waals surface area contributed by atoms with Crippen LogP contribution in [-0.4, -0.2) is 28.8 Å². The van der Waals surface area contributed by atoms with Crippen molar-refractivity contribution < 1.29 is 14.1 Å². The molecule has 0 saturated heterocycles. The highest BCUT2D eigenvalue weighted by Crippen LogP contribution is 2.18. The SMILES string of the molecule is C#CCN(CC)C(=O)c1ccc([N+](=O)[O-])c(F)c1. The van der Waals surface area contributed by atoms with Crippen molar-refractivity contribution in [3.63, 3.8) is 0 Å². The third kappa shape index (κ3) is 2.83. The summed E-state index contributed by atoms with van der Waals surface area (Å²) in [6.07, 6.45) is 5.11. The highest BCUT2D eigenvalue weighted by molar-refractivity contribution is 5.94. The summed E-state index contributed by atoms with van der Waals surface area (Å²) in [5, 5.41) is 10.4. The van der Waals surface area contributed by atoms with Crippen molar-refractivity contribution in [1.82, 2.24) is 4.90 Å². The summed E-state index contributed by atoms with van der Waals surface area (Å²) in [5.74, 6) is 0.823. The monoisotopic (exact) mass is 250 g/mol. The van der Waals surface area contributed by atoms with Crippen LogP contribution < -0.4 is 0 Å². The van der Waals surface area contributed by atoms with Crippen LogP contribution in [0, 0.1) is 28.3 Å². The van der Waals surface area contributed by atoms with Crippen LogP contribution in [0.1, 0.15) is 17.3 Å². The van der Waals surface area contributed by atoms with Gasteiger partial charge in [0.15, 0.2) is 0 Å². The number of carbonyl (C=O) groups excluding carboxylic acids is 1. The molecule has 94 valence electrons. The third-order valence-electron chi connectivity index (χ3n) is 2.34. The van der Waals surface area contributed by atoms with Crippen molar-refractivity contribution in [2.45, 2.75) is 6.92 Å². The van der Waals surface area contributed by atoms with Crippen LogP contribution in [0.3, 0.4) is 0 Å². The number of hydrogen-bond donors (Lipinski definition) is 0. The largest absolute Gasteiger partial charge is 0.328 e. The maximum Gasteiger partial charge on any atom is 0.304 e. The molecule has 1 rings (SSSR count). The second-order valence-corrected chi connectivity index (χ2v) is 3.45. The molecule has 6 heteroatoms. The number of carbonyl (C=O) groups is 1. The van der Waals surface area contributed by atoms with E-state index in [0.717, 1.165) is 12.1 Å². The lowest BCUT2D eigenvalue weighted by molar-refractivity contribution is -0.387. The lowest BCUT2D eigenvalue weighted by Crippen LogP contribution is -2.31. The van der Waals surface area contributed by atoms with Gasteiger partial charge in [-0.2, -0.15) is 4.39 Å². The average molecular weight is 250 g/mol. The zero-order valence-corrected chi connectivity index (χ0v) is 9.72. The minimum absolute atomic E-state index is 0.0372.